The molecule has 3 rings (SSSR count). The van der Waals surface area contributed by atoms with Crippen LogP contribution in [-0.4, -0.2) is 21.8 Å². The molecule has 1 aliphatic rings. The van der Waals surface area contributed by atoms with Gasteiger partial charge in [0.1, 0.15) is 22.1 Å². The van der Waals surface area contributed by atoms with Crippen molar-refractivity contribution in [2.24, 2.45) is 0 Å². The van der Waals surface area contributed by atoms with Gasteiger partial charge in [0.05, 0.1) is 12.2 Å². The minimum atomic E-state index is -1.10. The molecule has 3 amide bonds. The average Bonchev–Trinajstić information content (AvgIpc) is 3.03. The highest BCUT2D eigenvalue weighted by atomic mass is 32.1. The molecule has 1 saturated heterocycles. The van der Waals surface area contributed by atoms with Crippen molar-refractivity contribution in [1.82, 2.24) is 15.2 Å². The van der Waals surface area contributed by atoms with Gasteiger partial charge in [0.2, 0.25) is 0 Å². The van der Waals surface area contributed by atoms with E-state index < -0.39 is 11.6 Å². The monoisotopic (exact) mass is 333 g/mol. The van der Waals surface area contributed by atoms with E-state index in [4.69, 9.17) is 4.42 Å². The Bertz CT molecular complexity index is 788. The lowest BCUT2D eigenvalue weighted by Crippen LogP contribution is -2.41. The summed E-state index contributed by atoms with van der Waals surface area (Å²) in [6.07, 6.45) is 0. The number of rotatable bonds is 3. The number of aromatic nitrogens is 1. The van der Waals surface area contributed by atoms with Gasteiger partial charge in [-0.15, -0.1) is 11.3 Å². The van der Waals surface area contributed by atoms with Gasteiger partial charge in [0, 0.05) is 10.4 Å². The molecule has 0 aromatic carbocycles. The zero-order valence-electron chi connectivity index (χ0n) is 13.8. The number of furan rings is 1. The van der Waals surface area contributed by atoms with E-state index in [9.17, 15) is 9.59 Å². The molecule has 23 heavy (non-hydrogen) atoms. The largest absolute Gasteiger partial charge is 0.466 e. The third kappa shape index (κ3) is 2.45. The van der Waals surface area contributed by atoms with Gasteiger partial charge >= 0.3 is 6.03 Å². The summed E-state index contributed by atoms with van der Waals surface area (Å²) in [5, 5.41) is 3.55. The molecule has 1 fully saturated rings. The Morgan fingerprint density at radius 2 is 2.00 bits per heavy atom. The number of hydrogen-bond acceptors (Lipinski definition) is 5. The molecule has 122 valence electrons. The quantitative estimate of drug-likeness (QED) is 0.876. The summed E-state index contributed by atoms with van der Waals surface area (Å²) >= 11 is 1.50. The number of amides is 3. The average molecular weight is 333 g/mol. The lowest BCUT2D eigenvalue weighted by Gasteiger charge is -2.20. The summed E-state index contributed by atoms with van der Waals surface area (Å²) in [4.78, 5) is 31.9. The molecule has 0 bridgehead atoms. The van der Waals surface area contributed by atoms with E-state index in [-0.39, 0.29) is 12.5 Å². The highest BCUT2D eigenvalue weighted by Gasteiger charge is 2.50. The maximum absolute atomic E-state index is 12.9. The van der Waals surface area contributed by atoms with Crippen LogP contribution in [-0.2, 0) is 16.9 Å². The van der Waals surface area contributed by atoms with Gasteiger partial charge in [-0.05, 0) is 40.7 Å². The molecule has 3 heterocycles. The molecule has 2 aromatic heterocycles. The third-order valence-corrected chi connectivity index (χ3v) is 5.28. The van der Waals surface area contributed by atoms with Crippen molar-refractivity contribution in [3.63, 3.8) is 0 Å². The van der Waals surface area contributed by atoms with Crippen LogP contribution in [0.1, 0.15) is 39.6 Å². The number of urea groups is 1. The zero-order valence-corrected chi connectivity index (χ0v) is 14.6. The predicted octanol–water partition coefficient (Wildman–Crippen LogP) is 2.94. The molecular weight excluding hydrogens is 314 g/mol. The zero-order chi connectivity index (χ0) is 16.9. The van der Waals surface area contributed by atoms with Crippen LogP contribution in [0.5, 0.6) is 0 Å². The molecule has 0 radical (unpaired) electrons. The van der Waals surface area contributed by atoms with Crippen LogP contribution >= 0.6 is 11.3 Å². The molecule has 0 aliphatic carbocycles. The van der Waals surface area contributed by atoms with Crippen LogP contribution < -0.4 is 5.32 Å². The van der Waals surface area contributed by atoms with E-state index in [0.29, 0.717) is 17.1 Å². The minimum absolute atomic E-state index is 0.190. The first-order valence-corrected chi connectivity index (χ1v) is 8.18. The summed E-state index contributed by atoms with van der Waals surface area (Å²) in [6.45, 7) is 9.41. The van der Waals surface area contributed by atoms with Gasteiger partial charge in [-0.1, -0.05) is 0 Å². The number of nitrogens with zero attached hydrogens (tertiary/aromatic N) is 2. The van der Waals surface area contributed by atoms with Gasteiger partial charge in [0.25, 0.3) is 5.91 Å². The van der Waals surface area contributed by atoms with Crippen molar-refractivity contribution in [3.8, 4) is 0 Å². The maximum Gasteiger partial charge on any atom is 0.325 e. The molecule has 7 heteroatoms. The van der Waals surface area contributed by atoms with Crippen LogP contribution in [0.3, 0.4) is 0 Å². The Morgan fingerprint density at radius 1 is 1.30 bits per heavy atom. The molecule has 1 aliphatic heterocycles. The highest BCUT2D eigenvalue weighted by Crippen LogP contribution is 2.33. The molecule has 0 spiro atoms. The number of hydrogen-bond donors (Lipinski definition) is 1. The van der Waals surface area contributed by atoms with Crippen molar-refractivity contribution in [1.29, 1.82) is 0 Å². The SMILES string of the molecule is Cc1cc([C@]2(C)NC(=O)N(Cc3nc(C)c(C)s3)C2=O)c(C)o1. The van der Waals surface area contributed by atoms with Gasteiger partial charge in [-0.2, -0.15) is 0 Å². The summed E-state index contributed by atoms with van der Waals surface area (Å²) < 4.78 is 5.52. The first-order valence-electron chi connectivity index (χ1n) is 7.37. The van der Waals surface area contributed by atoms with Gasteiger partial charge in [-0.25, -0.2) is 9.78 Å². The Kier molecular flexibility index (Phi) is 3.55. The smallest absolute Gasteiger partial charge is 0.325 e. The molecule has 0 saturated carbocycles. The second-order valence-electron chi connectivity index (χ2n) is 6.02. The fraction of sp³-hybridized carbons (Fsp3) is 0.438. The summed E-state index contributed by atoms with van der Waals surface area (Å²) in [5.41, 5.74) is 0.531. The van der Waals surface area contributed by atoms with Crippen LogP contribution in [0, 0.1) is 27.7 Å². The number of nitrogens with one attached hydrogen (secondary N) is 1. The Balaban J connectivity index is 1.92. The normalized spacial score (nSPS) is 21.2. The van der Waals surface area contributed by atoms with E-state index in [0.717, 1.165) is 15.6 Å². The minimum Gasteiger partial charge on any atom is -0.466 e. The molecule has 6 nitrogen and oxygen atoms in total. The first kappa shape index (κ1) is 15.7. The molecule has 0 unspecified atom stereocenters. The lowest BCUT2D eigenvalue weighted by atomic mass is 9.92. The van der Waals surface area contributed by atoms with Gasteiger partial charge in [0.15, 0.2) is 0 Å². The summed E-state index contributed by atoms with van der Waals surface area (Å²) in [7, 11) is 0. The first-order chi connectivity index (χ1) is 10.7. The summed E-state index contributed by atoms with van der Waals surface area (Å²) in [6, 6.07) is 1.40. The standard InChI is InChI=1S/C16H19N3O3S/c1-8-6-12(10(3)22-8)16(5)14(20)19(15(21)18-16)7-13-17-9(2)11(4)23-13/h6H,7H2,1-5H3,(H,18,21)/t16-/m0/s1. The number of imide groups is 1. The fourth-order valence-electron chi connectivity index (χ4n) is 2.89. The topological polar surface area (TPSA) is 75.4 Å². The molecule has 1 N–H and O–H groups in total. The third-order valence-electron chi connectivity index (χ3n) is 4.22. The number of carbonyl (C=O) groups excluding carboxylic acids is 2. The van der Waals surface area contributed by atoms with Crippen LogP contribution in [0.4, 0.5) is 4.79 Å². The van der Waals surface area contributed by atoms with Crippen molar-refractivity contribution >= 4 is 23.3 Å². The van der Waals surface area contributed by atoms with Crippen molar-refractivity contribution in [3.05, 3.63) is 38.7 Å². The van der Waals surface area contributed by atoms with E-state index in [1.165, 1.54) is 16.2 Å². The van der Waals surface area contributed by atoms with Crippen molar-refractivity contribution in [2.45, 2.75) is 46.7 Å². The van der Waals surface area contributed by atoms with Gasteiger partial charge in [-0.3, -0.25) is 9.69 Å². The fourth-order valence-corrected chi connectivity index (χ4v) is 3.82. The number of aryl methyl sites for hydroxylation is 4. The van der Waals surface area contributed by atoms with Gasteiger partial charge < -0.3 is 9.73 Å². The highest BCUT2D eigenvalue weighted by molar-refractivity contribution is 7.11. The van der Waals surface area contributed by atoms with E-state index >= 15 is 0 Å². The molecule has 1 atom stereocenters. The van der Waals surface area contributed by atoms with Crippen molar-refractivity contribution < 1.29 is 14.0 Å². The van der Waals surface area contributed by atoms with E-state index in [2.05, 4.69) is 10.3 Å². The Morgan fingerprint density at radius 3 is 2.52 bits per heavy atom. The lowest BCUT2D eigenvalue weighted by molar-refractivity contribution is -0.131. The number of thiazole rings is 1. The van der Waals surface area contributed by atoms with Crippen LogP contribution in [0.15, 0.2) is 10.5 Å². The maximum atomic E-state index is 12.9. The summed E-state index contributed by atoms with van der Waals surface area (Å²) in [5.74, 6) is 1.07. The molecular formula is C16H19N3O3S. The Labute approximate surface area is 138 Å². The van der Waals surface area contributed by atoms with E-state index in [1.807, 2.05) is 20.8 Å². The van der Waals surface area contributed by atoms with Crippen molar-refractivity contribution in [2.75, 3.05) is 0 Å². The Hall–Kier alpha value is -2.15. The van der Waals surface area contributed by atoms with Crippen LogP contribution in [0.25, 0.3) is 0 Å². The second-order valence-corrected chi connectivity index (χ2v) is 7.31. The van der Waals surface area contributed by atoms with Crippen LogP contribution in [0.2, 0.25) is 0 Å². The second kappa shape index (κ2) is 5.19. The number of carbonyl (C=O) groups is 2. The van der Waals surface area contributed by atoms with E-state index in [1.54, 1.807) is 19.9 Å². The predicted molar refractivity (Wildman–Crippen MR) is 86.2 cm³/mol. The molecule has 2 aromatic rings.